The normalized spacial score (nSPS) is 35.5. The Kier molecular flexibility index (Phi) is 34.1. The number of methoxy groups -OCH3 is 2. The van der Waals surface area contributed by atoms with Gasteiger partial charge in [0.05, 0.1) is 59.4 Å². The Balaban J connectivity index is 0.000000378. The number of Topliss-reactive ketones (excluding diaryl/α,β-unsaturated/α-hetero) is 1. The summed E-state index contributed by atoms with van der Waals surface area (Å²) >= 11 is 0. The SMILES string of the molecule is CC[C@@H](O)[C@@]1(C)OC(=O)N(CCCCN=[N+]=[N-])[C@@H]1[C@@H](C)NC[C@H](C)C[C@@](C)(OC)[C@H](O[C@@H]1OC(C)CC(N(C)C)C1C)[C@@H](C)C1=C(C)C(=O)OC(C)(C)O1.CC[C@H]1OC(=O)[C@H](C)C(=O)[C@H](C)[C@@H](O[C@@H]2OC(C)CC(N(C)C)C2P=O)[C@](C)(OC)C[C@@H](C)CN[C@H](C)[C@H]2N(CCCCN=[N+]=[N-])C(=O)O[C@]12C. The van der Waals surface area contributed by atoms with Crippen molar-refractivity contribution in [3.63, 3.8) is 0 Å². The van der Waals surface area contributed by atoms with Gasteiger partial charge in [0.15, 0.2) is 38.0 Å². The molecule has 0 bridgehead atoms. The summed E-state index contributed by atoms with van der Waals surface area (Å²) in [7, 11) is 11.1. The fraction of sp³-hybridized carbons (Fsp3) is 0.905. The molecule has 0 aromatic carbocycles. The number of nitrogens with zero attached hydrogens (tertiary/aromatic N) is 10. The van der Waals surface area contributed by atoms with E-state index in [4.69, 9.17) is 63.2 Å². The molecular formula is C74H131N12O18P. The van der Waals surface area contributed by atoms with Crippen LogP contribution in [0.2, 0.25) is 0 Å². The van der Waals surface area contributed by atoms with Crippen molar-refractivity contribution in [1.29, 1.82) is 0 Å². The van der Waals surface area contributed by atoms with Gasteiger partial charge in [-0.05, 0) is 198 Å². The summed E-state index contributed by atoms with van der Waals surface area (Å²) in [6, 6.07) is -1.37. The van der Waals surface area contributed by atoms with E-state index in [1.807, 2.05) is 74.4 Å². The maximum atomic E-state index is 14.3. The number of carbonyl (C=O) groups excluding carboxylic acids is 5. The highest BCUT2D eigenvalue weighted by molar-refractivity contribution is 7.25. The third-order valence-corrected chi connectivity index (χ3v) is 23.7. The zero-order valence-corrected chi connectivity index (χ0v) is 68.6. The molecule has 6 heterocycles. The highest BCUT2D eigenvalue weighted by atomic mass is 31.1. The molecule has 5 saturated heterocycles. The van der Waals surface area contributed by atoms with Crippen LogP contribution in [-0.4, -0.2) is 256 Å². The molecule has 0 saturated carbocycles. The van der Waals surface area contributed by atoms with E-state index >= 15 is 0 Å². The van der Waals surface area contributed by atoms with Crippen LogP contribution in [0.4, 0.5) is 9.59 Å². The molecule has 0 aromatic heterocycles. The van der Waals surface area contributed by atoms with E-state index in [-0.39, 0.29) is 62.6 Å². The average Bonchev–Trinajstić information content (AvgIpc) is 1.66. The van der Waals surface area contributed by atoms with Crippen LogP contribution >= 0.6 is 8.46 Å². The molecule has 0 aromatic rings. The van der Waals surface area contributed by atoms with Gasteiger partial charge in [-0.1, -0.05) is 58.7 Å². The zero-order chi connectivity index (χ0) is 79.0. The number of amides is 2. The molecule has 31 heteroatoms. The Morgan fingerprint density at radius 2 is 1.38 bits per heavy atom. The van der Waals surface area contributed by atoms with Gasteiger partial charge in [-0.15, -0.1) is 0 Å². The van der Waals surface area contributed by atoms with E-state index in [0.29, 0.717) is 108 Å². The molecule has 0 aliphatic carbocycles. The van der Waals surface area contributed by atoms with Gasteiger partial charge in [0, 0.05) is 106 Å². The molecule has 5 fully saturated rings. The second kappa shape index (κ2) is 39.6. The quantitative estimate of drug-likeness (QED) is 0.00848. The molecule has 25 atom stereocenters. The molecule has 30 nitrogen and oxygen atoms in total. The van der Waals surface area contributed by atoms with Crippen molar-refractivity contribution in [3.8, 4) is 0 Å². The molecule has 3 N–H and O–H groups in total. The predicted molar refractivity (Wildman–Crippen MR) is 397 cm³/mol. The van der Waals surface area contributed by atoms with Crippen LogP contribution in [0.25, 0.3) is 20.9 Å². The minimum atomic E-state index is -1.23. The van der Waals surface area contributed by atoms with Crippen LogP contribution in [-0.2, 0) is 71.1 Å². The number of ketones is 1. The number of hydrogen-bond donors (Lipinski definition) is 3. The van der Waals surface area contributed by atoms with Gasteiger partial charge in [-0.25, -0.2) is 14.4 Å². The third-order valence-electron chi connectivity index (χ3n) is 22.9. The summed E-state index contributed by atoms with van der Waals surface area (Å²) < 4.78 is 81.8. The molecule has 6 rings (SSSR count). The number of aliphatic hydroxyl groups is 1. The lowest BCUT2D eigenvalue weighted by atomic mass is 9.78. The summed E-state index contributed by atoms with van der Waals surface area (Å²) in [4.78, 5) is 81.1. The number of azide groups is 2. The lowest BCUT2D eigenvalue weighted by Gasteiger charge is -2.48. The van der Waals surface area contributed by atoms with Crippen molar-refractivity contribution >= 4 is 38.4 Å². The number of rotatable bonds is 31. The Morgan fingerprint density at radius 1 is 0.810 bits per heavy atom. The summed E-state index contributed by atoms with van der Waals surface area (Å²) in [5, 5.41) is 25.6. The van der Waals surface area contributed by atoms with Gasteiger partial charge in [0.25, 0.3) is 0 Å². The molecule has 105 heavy (non-hydrogen) atoms. The second-order valence-electron chi connectivity index (χ2n) is 32.3. The van der Waals surface area contributed by atoms with Crippen molar-refractivity contribution in [1.82, 2.24) is 30.2 Å². The fourth-order valence-corrected chi connectivity index (χ4v) is 17.8. The number of hydrogen-bond acceptors (Lipinski definition) is 24. The molecule has 2 amide bonds. The van der Waals surface area contributed by atoms with Crippen LogP contribution in [0.15, 0.2) is 21.6 Å². The summed E-state index contributed by atoms with van der Waals surface area (Å²) in [5.41, 5.74) is 12.9. The number of cyclic esters (lactones) is 3. The Hall–Kier alpha value is -5.03. The molecular weight excluding hydrogens is 1380 g/mol. The van der Waals surface area contributed by atoms with Crippen LogP contribution in [0.1, 0.15) is 196 Å². The van der Waals surface area contributed by atoms with Gasteiger partial charge in [-0.2, -0.15) is 0 Å². The standard InChI is InChI=1S/C39H70N6O9.C35H61N6O9P/c1-15-30(46)39(11)32(45(36(48)54-39)19-17-16-18-42-43-40)28(7)41-22-23(2)21-38(10,49-14)33(26(5)31-27(6)34(47)53-37(8,9)52-31)51-35-25(4)29(44(12)13)20-24(3)50-35;1-12-26-35(8)29(41(33(44)50-35)16-14-13-15-38-39-36)24(6)37-19-20(2)18-34(7,46-11)30(22(4)27(42)23(5)31(43)48-26)49-32-28(51-45)25(40(9)10)17-21(3)47-32/h23-26,28-30,32-33,35,41,46H,15-22H2,1-14H3;20-26,28-30,32,37H,12-19H2,1-11H3/t23-,24?,25?,26+,28-,29?,30-,32-,33-,35+,38-,39-;20-,21?,22+,23-,24-,25?,26-,28?,29-,30-,32+,34-,35-/m11/s1. The van der Waals surface area contributed by atoms with Crippen molar-refractivity contribution in [2.45, 2.75) is 315 Å². The van der Waals surface area contributed by atoms with Crippen molar-refractivity contribution in [2.24, 2.45) is 45.7 Å². The molecule has 600 valence electrons. The first-order chi connectivity index (χ1) is 49.1. The van der Waals surface area contributed by atoms with Gasteiger partial charge in [-0.3, -0.25) is 24.0 Å². The molecule has 0 spiro atoms. The van der Waals surface area contributed by atoms with E-state index in [9.17, 15) is 33.6 Å². The van der Waals surface area contributed by atoms with Crippen molar-refractivity contribution < 1.29 is 85.7 Å². The van der Waals surface area contributed by atoms with E-state index in [0.717, 1.165) is 6.42 Å². The lowest BCUT2D eigenvalue weighted by molar-refractivity contribution is -0.285. The number of fused-ring (bicyclic) bond motifs is 1. The number of carbonyl (C=O) groups is 5. The minimum absolute atomic E-state index is 0.0102. The number of esters is 2. The summed E-state index contributed by atoms with van der Waals surface area (Å²) in [6.07, 6.45) is -0.0599. The predicted octanol–water partition coefficient (Wildman–Crippen LogP) is 11.5. The van der Waals surface area contributed by atoms with Gasteiger partial charge in [0.2, 0.25) is 5.79 Å². The third kappa shape index (κ3) is 22.2. The summed E-state index contributed by atoms with van der Waals surface area (Å²) in [6.45, 7) is 38.5. The number of unbranched alkanes of at least 4 members (excludes halogenated alkanes) is 2. The van der Waals surface area contributed by atoms with Gasteiger partial charge >= 0.3 is 24.1 Å². The molecule has 6 aliphatic rings. The lowest BCUT2D eigenvalue weighted by Crippen LogP contribution is -2.61. The maximum Gasteiger partial charge on any atom is 0.410 e. The Bertz CT molecular complexity index is 3020. The Labute approximate surface area is 626 Å². The number of ether oxygens (including phenoxy) is 11. The maximum absolute atomic E-state index is 14.3. The second-order valence-corrected chi connectivity index (χ2v) is 33.1. The van der Waals surface area contributed by atoms with E-state index < -0.39 is 131 Å². The van der Waals surface area contributed by atoms with Crippen LogP contribution in [0.5, 0.6) is 0 Å². The topological polar surface area (TPSA) is 359 Å². The molecule has 0 radical (unpaired) electrons. The minimum Gasteiger partial charge on any atom is -0.458 e. The molecule has 6 aliphatic heterocycles. The molecule has 6 unspecified atom stereocenters. The van der Waals surface area contributed by atoms with Gasteiger partial charge < -0.3 is 77.6 Å². The van der Waals surface area contributed by atoms with E-state index in [1.165, 1.54) is 6.92 Å². The average molecular weight is 1510 g/mol. The van der Waals surface area contributed by atoms with Crippen LogP contribution < -0.4 is 10.6 Å². The highest BCUT2D eigenvalue weighted by Crippen LogP contribution is 2.45. The van der Waals surface area contributed by atoms with Crippen LogP contribution in [0.3, 0.4) is 0 Å². The van der Waals surface area contributed by atoms with E-state index in [1.54, 1.807) is 65.6 Å². The Morgan fingerprint density at radius 3 is 1.92 bits per heavy atom. The van der Waals surface area contributed by atoms with Crippen molar-refractivity contribution in [3.05, 3.63) is 32.2 Å². The van der Waals surface area contributed by atoms with Crippen LogP contribution in [0, 0.1) is 35.5 Å². The first-order valence-electron chi connectivity index (χ1n) is 38.1. The van der Waals surface area contributed by atoms with Crippen molar-refractivity contribution in [2.75, 3.05) is 81.7 Å². The van der Waals surface area contributed by atoms with E-state index in [2.05, 4.69) is 77.4 Å². The number of aliphatic hydroxyl groups excluding tert-OH is 1. The first-order valence-corrected chi connectivity index (χ1v) is 38.9. The first kappa shape index (κ1) is 90.6. The largest absolute Gasteiger partial charge is 0.458 e. The summed E-state index contributed by atoms with van der Waals surface area (Å²) in [5.74, 6) is -4.57. The highest BCUT2D eigenvalue weighted by Gasteiger charge is 2.60. The smallest absolute Gasteiger partial charge is 0.410 e. The monoisotopic (exact) mass is 1510 g/mol. The fourth-order valence-electron chi connectivity index (χ4n) is 17.0. The zero-order valence-electron chi connectivity index (χ0n) is 67.7. The van der Waals surface area contributed by atoms with Gasteiger partial charge in [0.1, 0.15) is 23.4 Å². The number of nitrogens with one attached hydrogen (secondary N) is 2.